The summed E-state index contributed by atoms with van der Waals surface area (Å²) in [7, 11) is 0. The molecule has 0 atom stereocenters. The molecule has 1 heterocycles. The van der Waals surface area contributed by atoms with Crippen LogP contribution in [0.15, 0.2) is 0 Å². The first-order chi connectivity index (χ1) is 8.10. The van der Waals surface area contributed by atoms with Gasteiger partial charge in [-0.05, 0) is 32.1 Å². The predicted octanol–water partition coefficient (Wildman–Crippen LogP) is 1.54. The number of carbonyl (C=O) groups is 1. The molecule has 1 aromatic heterocycles. The van der Waals surface area contributed by atoms with Gasteiger partial charge in [-0.1, -0.05) is 6.92 Å². The lowest BCUT2D eigenvalue weighted by atomic mass is 10.1. The summed E-state index contributed by atoms with van der Waals surface area (Å²) in [5.41, 5.74) is 3.63. The van der Waals surface area contributed by atoms with Gasteiger partial charge in [0.05, 0.1) is 18.0 Å². The van der Waals surface area contributed by atoms with Crippen LogP contribution in [0.5, 0.6) is 0 Å². The van der Waals surface area contributed by atoms with Crippen molar-refractivity contribution >= 4 is 17.7 Å². The van der Waals surface area contributed by atoms with E-state index in [9.17, 15) is 4.79 Å². The van der Waals surface area contributed by atoms with Crippen molar-refractivity contribution < 1.29 is 4.79 Å². The third kappa shape index (κ3) is 3.77. The second kappa shape index (κ2) is 6.69. The Bertz CT molecular complexity index is 387. The summed E-state index contributed by atoms with van der Waals surface area (Å²) >= 11 is 1.53. The van der Waals surface area contributed by atoms with E-state index in [1.807, 2.05) is 17.9 Å². The Kier molecular flexibility index (Phi) is 5.55. The molecule has 0 aliphatic carbocycles. The Balaban J connectivity index is 2.50. The maximum Gasteiger partial charge on any atom is 0.230 e. The fourth-order valence-electron chi connectivity index (χ4n) is 1.95. The van der Waals surface area contributed by atoms with Crippen LogP contribution in [-0.2, 0) is 17.8 Å². The van der Waals surface area contributed by atoms with Crippen molar-refractivity contribution in [1.82, 2.24) is 15.1 Å². The number of rotatable bonds is 6. The molecule has 0 aromatic carbocycles. The highest BCUT2D eigenvalue weighted by atomic mass is 32.2. The Hall–Kier alpha value is -0.970. The van der Waals surface area contributed by atoms with Crippen LogP contribution in [0.3, 0.4) is 0 Å². The average molecular weight is 255 g/mol. The number of aryl methyl sites for hydroxylation is 1. The first-order valence-corrected chi connectivity index (χ1v) is 7.28. The molecule has 0 fully saturated rings. The lowest BCUT2D eigenvalue weighted by Gasteiger charge is -2.06. The summed E-state index contributed by atoms with van der Waals surface area (Å²) in [5.74, 6) is 0.617. The van der Waals surface area contributed by atoms with Gasteiger partial charge in [0.1, 0.15) is 0 Å². The number of thioether (sulfide) groups is 1. The quantitative estimate of drug-likeness (QED) is 0.839. The van der Waals surface area contributed by atoms with Gasteiger partial charge in [-0.3, -0.25) is 9.48 Å². The fourth-order valence-corrected chi connectivity index (χ4v) is 2.31. The van der Waals surface area contributed by atoms with Crippen molar-refractivity contribution in [3.63, 3.8) is 0 Å². The molecule has 4 nitrogen and oxygen atoms in total. The molecule has 1 N–H and O–H groups in total. The van der Waals surface area contributed by atoms with E-state index in [2.05, 4.69) is 24.3 Å². The van der Waals surface area contributed by atoms with Gasteiger partial charge in [0.15, 0.2) is 0 Å². The maximum absolute atomic E-state index is 11.3. The van der Waals surface area contributed by atoms with E-state index in [0.29, 0.717) is 12.3 Å². The third-order valence-corrected chi connectivity index (χ3v) is 3.36. The third-order valence-electron chi connectivity index (χ3n) is 2.81. The van der Waals surface area contributed by atoms with Crippen LogP contribution in [0.2, 0.25) is 0 Å². The summed E-state index contributed by atoms with van der Waals surface area (Å²) < 4.78 is 1.98. The summed E-state index contributed by atoms with van der Waals surface area (Å²) in [4.78, 5) is 11.3. The van der Waals surface area contributed by atoms with Crippen LogP contribution in [0, 0.1) is 13.8 Å². The molecule has 5 heteroatoms. The zero-order chi connectivity index (χ0) is 12.8. The number of hydrogen-bond donors (Lipinski definition) is 1. The summed E-state index contributed by atoms with van der Waals surface area (Å²) in [6.07, 6.45) is 2.94. The highest BCUT2D eigenvalue weighted by Crippen LogP contribution is 2.12. The lowest BCUT2D eigenvalue weighted by molar-refractivity contribution is -0.118. The topological polar surface area (TPSA) is 46.9 Å². The van der Waals surface area contributed by atoms with Crippen LogP contribution in [0.25, 0.3) is 0 Å². The van der Waals surface area contributed by atoms with E-state index in [-0.39, 0.29) is 5.91 Å². The first-order valence-electron chi connectivity index (χ1n) is 5.88. The highest BCUT2D eigenvalue weighted by Gasteiger charge is 2.09. The van der Waals surface area contributed by atoms with Crippen LogP contribution in [0.4, 0.5) is 0 Å². The van der Waals surface area contributed by atoms with E-state index in [0.717, 1.165) is 18.7 Å². The standard InChI is InChI=1S/C12H21N3OS/c1-5-11-9(2)14-15(10(11)3)7-6-13-12(16)8-17-4/h5-8H2,1-4H3,(H,13,16). The molecule has 0 spiro atoms. The molecule has 1 amide bonds. The number of hydrogen-bond acceptors (Lipinski definition) is 3. The average Bonchev–Trinajstić information content (AvgIpc) is 2.54. The Morgan fingerprint density at radius 2 is 2.18 bits per heavy atom. The molecule has 1 rings (SSSR count). The fraction of sp³-hybridized carbons (Fsp3) is 0.667. The minimum absolute atomic E-state index is 0.0924. The molecule has 0 saturated carbocycles. The van der Waals surface area contributed by atoms with Crippen molar-refractivity contribution in [1.29, 1.82) is 0 Å². The van der Waals surface area contributed by atoms with Crippen molar-refractivity contribution in [2.24, 2.45) is 0 Å². The second-order valence-corrected chi connectivity index (χ2v) is 4.88. The number of nitrogens with zero attached hydrogens (tertiary/aromatic N) is 2. The first kappa shape index (κ1) is 14.1. The van der Waals surface area contributed by atoms with Gasteiger partial charge in [-0.25, -0.2) is 0 Å². The molecule has 0 bridgehead atoms. The van der Waals surface area contributed by atoms with Gasteiger partial charge >= 0.3 is 0 Å². The van der Waals surface area contributed by atoms with Crippen LogP contribution < -0.4 is 5.32 Å². The summed E-state index contributed by atoms with van der Waals surface area (Å²) in [5, 5.41) is 7.37. The zero-order valence-electron chi connectivity index (χ0n) is 11.0. The SMILES string of the molecule is CCc1c(C)nn(CCNC(=O)CSC)c1C. The number of aromatic nitrogens is 2. The van der Waals surface area contributed by atoms with Gasteiger partial charge < -0.3 is 5.32 Å². The number of carbonyl (C=O) groups excluding carboxylic acids is 1. The van der Waals surface area contributed by atoms with Gasteiger partial charge in [0.25, 0.3) is 0 Å². The van der Waals surface area contributed by atoms with Gasteiger partial charge in [0, 0.05) is 12.2 Å². The lowest BCUT2D eigenvalue weighted by Crippen LogP contribution is -2.29. The molecular weight excluding hydrogens is 234 g/mol. The zero-order valence-corrected chi connectivity index (χ0v) is 11.9. The normalized spacial score (nSPS) is 10.6. The van der Waals surface area contributed by atoms with E-state index in [1.54, 1.807) is 0 Å². The predicted molar refractivity (Wildman–Crippen MR) is 72.5 cm³/mol. The van der Waals surface area contributed by atoms with Crippen LogP contribution in [0.1, 0.15) is 23.9 Å². The highest BCUT2D eigenvalue weighted by molar-refractivity contribution is 7.99. The summed E-state index contributed by atoms with van der Waals surface area (Å²) in [6.45, 7) is 7.65. The minimum Gasteiger partial charge on any atom is -0.354 e. The van der Waals surface area contributed by atoms with Crippen LogP contribution in [-0.4, -0.2) is 34.2 Å². The minimum atomic E-state index is 0.0924. The van der Waals surface area contributed by atoms with Crippen molar-refractivity contribution in [2.75, 3.05) is 18.6 Å². The number of amides is 1. The Morgan fingerprint density at radius 3 is 2.71 bits per heavy atom. The van der Waals surface area contributed by atoms with E-state index >= 15 is 0 Å². The van der Waals surface area contributed by atoms with Crippen molar-refractivity contribution in [3.05, 3.63) is 17.0 Å². The van der Waals surface area contributed by atoms with Crippen molar-refractivity contribution in [2.45, 2.75) is 33.7 Å². The van der Waals surface area contributed by atoms with E-state index in [1.165, 1.54) is 23.0 Å². The molecule has 17 heavy (non-hydrogen) atoms. The molecule has 0 aliphatic heterocycles. The van der Waals surface area contributed by atoms with Gasteiger partial charge in [0.2, 0.25) is 5.91 Å². The Labute approximate surface area is 107 Å². The molecule has 96 valence electrons. The monoisotopic (exact) mass is 255 g/mol. The smallest absolute Gasteiger partial charge is 0.230 e. The molecular formula is C12H21N3OS. The Morgan fingerprint density at radius 1 is 1.47 bits per heavy atom. The number of nitrogens with one attached hydrogen (secondary N) is 1. The van der Waals surface area contributed by atoms with Crippen LogP contribution >= 0.6 is 11.8 Å². The molecule has 1 aromatic rings. The molecule has 0 saturated heterocycles. The maximum atomic E-state index is 11.3. The summed E-state index contributed by atoms with van der Waals surface area (Å²) in [6, 6.07) is 0. The van der Waals surface area contributed by atoms with E-state index in [4.69, 9.17) is 0 Å². The molecule has 0 unspecified atom stereocenters. The second-order valence-electron chi connectivity index (χ2n) is 4.01. The largest absolute Gasteiger partial charge is 0.354 e. The van der Waals surface area contributed by atoms with Crippen molar-refractivity contribution in [3.8, 4) is 0 Å². The molecule has 0 aliphatic rings. The van der Waals surface area contributed by atoms with E-state index < -0.39 is 0 Å². The van der Waals surface area contributed by atoms with Gasteiger partial charge in [-0.2, -0.15) is 16.9 Å². The molecule has 0 radical (unpaired) electrons. The van der Waals surface area contributed by atoms with Gasteiger partial charge in [-0.15, -0.1) is 0 Å².